The number of rotatable bonds is 12. The molecule has 2 aliphatic rings. The first-order valence-electron chi connectivity index (χ1n) is 10.00. The zero-order chi connectivity index (χ0) is 18.8. The van der Waals surface area contributed by atoms with E-state index in [-0.39, 0.29) is 5.97 Å². The van der Waals surface area contributed by atoms with Crippen molar-refractivity contribution in [2.45, 2.75) is 51.6 Å². The molecule has 1 fully saturated rings. The van der Waals surface area contributed by atoms with E-state index < -0.39 is 6.10 Å². The predicted octanol–water partition coefficient (Wildman–Crippen LogP) is 4.06. The van der Waals surface area contributed by atoms with Crippen LogP contribution in [0.1, 0.15) is 45.4 Å². The Hall–Kier alpha value is -1.39. The molecule has 3 unspecified atom stereocenters. The standard InChI is InChI=1S/C22H34O4/c1-3-26-15-14-19(23)12-13-21-18-11-10-17(16-18)20(21)8-6-4-5-7-9-22(24)25-2/h4,6,10-13,17-21,23H,3,5,7-9,14-16H2,1-2H3/b6-4-,13-12?/t17-,18-,19?,20?,21?/m0/s1. The Morgan fingerprint density at radius 3 is 2.88 bits per heavy atom. The average molecular weight is 363 g/mol. The summed E-state index contributed by atoms with van der Waals surface area (Å²) in [5.41, 5.74) is 0. The first-order valence-corrected chi connectivity index (χ1v) is 10.00. The molecule has 0 saturated heterocycles. The molecule has 0 aromatic heterocycles. The van der Waals surface area contributed by atoms with Crippen molar-refractivity contribution in [2.75, 3.05) is 20.3 Å². The third kappa shape index (κ3) is 6.40. The highest BCUT2D eigenvalue weighted by molar-refractivity contribution is 5.69. The molecule has 5 atom stereocenters. The number of carbonyl (C=O) groups is 1. The van der Waals surface area contributed by atoms with Gasteiger partial charge in [-0.2, -0.15) is 0 Å². The van der Waals surface area contributed by atoms with Crippen molar-refractivity contribution in [1.82, 2.24) is 0 Å². The fourth-order valence-electron chi connectivity index (χ4n) is 4.12. The van der Waals surface area contributed by atoms with Crippen molar-refractivity contribution in [3.63, 3.8) is 0 Å². The van der Waals surface area contributed by atoms with Gasteiger partial charge in [0.1, 0.15) is 0 Å². The van der Waals surface area contributed by atoms with Gasteiger partial charge < -0.3 is 14.6 Å². The van der Waals surface area contributed by atoms with E-state index in [4.69, 9.17) is 4.74 Å². The number of carbonyl (C=O) groups excluding carboxylic acids is 1. The van der Waals surface area contributed by atoms with E-state index in [0.29, 0.717) is 49.7 Å². The topological polar surface area (TPSA) is 55.8 Å². The van der Waals surface area contributed by atoms with E-state index in [1.54, 1.807) is 0 Å². The molecule has 0 radical (unpaired) electrons. The number of hydrogen-bond acceptors (Lipinski definition) is 4. The van der Waals surface area contributed by atoms with Gasteiger partial charge in [0.05, 0.1) is 13.2 Å². The second kappa shape index (κ2) is 11.3. The fourth-order valence-corrected chi connectivity index (χ4v) is 4.12. The van der Waals surface area contributed by atoms with Gasteiger partial charge in [-0.25, -0.2) is 0 Å². The van der Waals surface area contributed by atoms with Crippen LogP contribution in [0.2, 0.25) is 0 Å². The monoisotopic (exact) mass is 362 g/mol. The zero-order valence-electron chi connectivity index (χ0n) is 16.2. The lowest BCUT2D eigenvalue weighted by Crippen LogP contribution is -2.18. The van der Waals surface area contributed by atoms with Crippen LogP contribution < -0.4 is 0 Å². The van der Waals surface area contributed by atoms with E-state index in [1.807, 2.05) is 13.0 Å². The second-order valence-corrected chi connectivity index (χ2v) is 7.30. The third-order valence-corrected chi connectivity index (χ3v) is 5.56. The van der Waals surface area contributed by atoms with Crippen molar-refractivity contribution in [1.29, 1.82) is 0 Å². The van der Waals surface area contributed by atoms with Crippen LogP contribution >= 0.6 is 0 Å². The van der Waals surface area contributed by atoms with E-state index in [0.717, 1.165) is 19.3 Å². The van der Waals surface area contributed by atoms with Crippen molar-refractivity contribution in [3.8, 4) is 0 Å². The lowest BCUT2D eigenvalue weighted by molar-refractivity contribution is -0.140. The highest BCUT2D eigenvalue weighted by Crippen LogP contribution is 2.50. The van der Waals surface area contributed by atoms with Gasteiger partial charge in [-0.3, -0.25) is 4.79 Å². The molecule has 146 valence electrons. The molecule has 0 aromatic carbocycles. The molecule has 1 saturated carbocycles. The predicted molar refractivity (Wildman–Crippen MR) is 104 cm³/mol. The van der Waals surface area contributed by atoms with E-state index >= 15 is 0 Å². The van der Waals surface area contributed by atoms with Crippen LogP contribution in [0.4, 0.5) is 0 Å². The number of fused-ring (bicyclic) bond motifs is 2. The maximum atomic E-state index is 11.1. The molecule has 0 aromatic rings. The first kappa shape index (κ1) is 20.9. The molecule has 0 heterocycles. The number of methoxy groups -OCH3 is 1. The Bertz CT molecular complexity index is 508. The highest BCUT2D eigenvalue weighted by atomic mass is 16.5. The van der Waals surface area contributed by atoms with E-state index in [9.17, 15) is 9.90 Å². The number of hydrogen-bond donors (Lipinski definition) is 1. The summed E-state index contributed by atoms with van der Waals surface area (Å²) in [5.74, 6) is 2.29. The van der Waals surface area contributed by atoms with Crippen molar-refractivity contribution in [3.05, 3.63) is 36.5 Å². The van der Waals surface area contributed by atoms with Crippen LogP contribution in [-0.4, -0.2) is 37.5 Å². The summed E-state index contributed by atoms with van der Waals surface area (Å²) >= 11 is 0. The molecule has 1 N–H and O–H groups in total. The largest absolute Gasteiger partial charge is 0.469 e. The number of aliphatic hydroxyl groups is 1. The Morgan fingerprint density at radius 2 is 2.12 bits per heavy atom. The third-order valence-electron chi connectivity index (χ3n) is 5.56. The van der Waals surface area contributed by atoms with Crippen LogP contribution in [-0.2, 0) is 14.3 Å². The van der Waals surface area contributed by atoms with Crippen molar-refractivity contribution in [2.24, 2.45) is 23.7 Å². The van der Waals surface area contributed by atoms with Crippen molar-refractivity contribution < 1.29 is 19.4 Å². The molecule has 2 aliphatic carbocycles. The molecular weight excluding hydrogens is 328 g/mol. The normalized spacial score (nSPS) is 28.4. The van der Waals surface area contributed by atoms with Crippen LogP contribution in [0, 0.1) is 23.7 Å². The Labute approximate surface area is 158 Å². The SMILES string of the molecule is CCOCCC(O)C=CC1C(C/C=C\CCCC(=O)OC)[C@H]2C=C[C@H]1C2. The minimum absolute atomic E-state index is 0.135. The van der Waals surface area contributed by atoms with Gasteiger partial charge in [-0.15, -0.1) is 0 Å². The molecule has 0 aliphatic heterocycles. The molecule has 0 amide bonds. The minimum Gasteiger partial charge on any atom is -0.469 e. The van der Waals surface area contributed by atoms with Gasteiger partial charge in [-0.1, -0.05) is 36.5 Å². The summed E-state index contributed by atoms with van der Waals surface area (Å²) < 4.78 is 9.97. The van der Waals surface area contributed by atoms with Gasteiger partial charge in [0.15, 0.2) is 0 Å². The molecule has 2 rings (SSSR count). The molecule has 4 heteroatoms. The summed E-state index contributed by atoms with van der Waals surface area (Å²) in [6, 6.07) is 0. The molecule has 4 nitrogen and oxygen atoms in total. The van der Waals surface area contributed by atoms with Gasteiger partial charge in [0, 0.05) is 26.1 Å². The summed E-state index contributed by atoms with van der Waals surface area (Å²) in [6.45, 7) is 3.27. The summed E-state index contributed by atoms with van der Waals surface area (Å²) in [6.07, 6.45) is 18.2. The second-order valence-electron chi connectivity index (χ2n) is 7.30. The molecule has 0 spiro atoms. The molecular formula is C22H34O4. The fraction of sp³-hybridized carbons (Fsp3) is 0.682. The minimum atomic E-state index is -0.417. The maximum Gasteiger partial charge on any atom is 0.305 e. The van der Waals surface area contributed by atoms with Crippen molar-refractivity contribution >= 4 is 5.97 Å². The van der Waals surface area contributed by atoms with E-state index in [1.165, 1.54) is 13.5 Å². The quantitative estimate of drug-likeness (QED) is 0.323. The number of allylic oxidation sites excluding steroid dienone is 5. The summed E-state index contributed by atoms with van der Waals surface area (Å²) in [4.78, 5) is 11.1. The molecule has 2 bridgehead atoms. The van der Waals surface area contributed by atoms with Crippen LogP contribution in [0.3, 0.4) is 0 Å². The Morgan fingerprint density at radius 1 is 1.31 bits per heavy atom. The van der Waals surface area contributed by atoms with Crippen LogP contribution in [0.25, 0.3) is 0 Å². The van der Waals surface area contributed by atoms with Gasteiger partial charge in [0.25, 0.3) is 0 Å². The summed E-state index contributed by atoms with van der Waals surface area (Å²) in [5, 5.41) is 10.1. The Balaban J connectivity index is 1.77. The number of ether oxygens (including phenoxy) is 2. The van der Waals surface area contributed by atoms with Crippen LogP contribution in [0.15, 0.2) is 36.5 Å². The zero-order valence-corrected chi connectivity index (χ0v) is 16.2. The van der Waals surface area contributed by atoms with Gasteiger partial charge >= 0.3 is 5.97 Å². The Kier molecular flexibility index (Phi) is 9.13. The number of aliphatic hydroxyl groups excluding tert-OH is 1. The summed E-state index contributed by atoms with van der Waals surface area (Å²) in [7, 11) is 1.43. The van der Waals surface area contributed by atoms with Gasteiger partial charge in [0.2, 0.25) is 0 Å². The van der Waals surface area contributed by atoms with E-state index in [2.05, 4.69) is 35.1 Å². The average Bonchev–Trinajstić information content (AvgIpc) is 3.24. The van der Waals surface area contributed by atoms with Crippen LogP contribution in [0.5, 0.6) is 0 Å². The lowest BCUT2D eigenvalue weighted by Gasteiger charge is -2.25. The number of esters is 1. The first-order chi connectivity index (χ1) is 12.7. The lowest BCUT2D eigenvalue weighted by atomic mass is 9.80. The highest BCUT2D eigenvalue weighted by Gasteiger charge is 2.42. The smallest absolute Gasteiger partial charge is 0.305 e. The molecule has 26 heavy (non-hydrogen) atoms. The maximum absolute atomic E-state index is 11.1. The van der Waals surface area contributed by atoms with Gasteiger partial charge in [-0.05, 0) is 56.3 Å². The number of unbranched alkanes of at least 4 members (excludes halogenated alkanes) is 1.